The average molecular weight is 365 g/mol. The zero-order valence-electron chi connectivity index (χ0n) is 3.31. The van der Waals surface area contributed by atoms with Gasteiger partial charge in [-0.15, -0.1) is 0 Å². The second kappa shape index (κ2) is 0.931. The van der Waals surface area contributed by atoms with Gasteiger partial charge >= 0.3 is 30.8 Å². The van der Waals surface area contributed by atoms with Gasteiger partial charge in [0.1, 0.15) is 0 Å². The first-order valence-corrected chi connectivity index (χ1v) is 17.3. The van der Waals surface area contributed by atoms with Crippen LogP contribution in [0.25, 0.3) is 0 Å². The summed E-state index contributed by atoms with van der Waals surface area (Å²) in [6.07, 6.45) is 0. The second-order valence-electron chi connectivity index (χ2n) is 0.828. The fourth-order valence-electron chi connectivity index (χ4n) is 0. The Kier molecular flexibility index (Phi) is 0.757. The normalized spacial score (nSPS) is 10.3. The first-order chi connectivity index (χ1) is 2.56. The number of hydrogen-bond acceptors (Lipinski definition) is 2. The first kappa shape index (κ1) is 4.88. The molecular formula is CH3FO2RfS. The molecule has 0 atom stereocenters. The van der Waals surface area contributed by atoms with Gasteiger partial charge in [-0.25, -0.2) is 0 Å². The molecule has 0 aliphatic carbocycles. The minimum absolute atomic E-state index is 1.47. The second-order valence-corrected chi connectivity index (χ2v) is 19.7. The summed E-state index contributed by atoms with van der Waals surface area (Å²) in [5.74, 6) is 0. The van der Waals surface area contributed by atoms with Crippen LogP contribution in [-0.2, 0) is 11.1 Å². The summed E-state index contributed by atoms with van der Waals surface area (Å²) in [5.41, 5.74) is 0. The van der Waals surface area contributed by atoms with Crippen LogP contribution in [0.5, 0.6) is 0 Å². The van der Waals surface area contributed by atoms with Crippen molar-refractivity contribution in [1.82, 2.24) is 0 Å². The van der Waals surface area contributed by atoms with Crippen LogP contribution in [0.3, 0.4) is 0 Å². The zero-order chi connectivity index (χ0) is 5.21. The quantitative estimate of drug-likeness (QED) is 0.628. The van der Waals surface area contributed by atoms with E-state index in [9.17, 15) is 12.3 Å². The monoisotopic (exact) mass is 365 g/mol. The third-order valence-electron chi connectivity index (χ3n) is 0.345. The van der Waals surface area contributed by atoms with Crippen LogP contribution in [-0.4, -0.2) is 8.42 Å². The molecule has 0 rings (SSSR count). The van der Waals surface area contributed by atoms with Gasteiger partial charge in [-0.1, -0.05) is 0 Å². The summed E-state index contributed by atoms with van der Waals surface area (Å²) < 4.78 is 28.0. The average Bonchev–Trinajstić information content (AvgIpc) is 1.35. The molecule has 0 radical (unpaired) electrons. The van der Waals surface area contributed by atoms with Crippen LogP contribution in [0.2, 0.25) is 7.43 Å². The molecule has 0 aromatic heterocycles. The van der Waals surface area contributed by atoms with Gasteiger partial charge in [0.25, 0.3) is 0 Å². The maximum atomic E-state index is 11.2. The fourth-order valence-corrected chi connectivity index (χ4v) is 0. The predicted molar refractivity (Wildman–Crippen MR) is 15.9 cm³/mol. The third kappa shape index (κ3) is 2.88. The molecule has 6 heavy (non-hydrogen) atoms. The van der Waals surface area contributed by atoms with Gasteiger partial charge in [-0.2, -0.15) is 0 Å². The molecule has 0 saturated carbocycles. The topological polar surface area (TPSA) is 34.1 Å². The van der Waals surface area contributed by atoms with Gasteiger partial charge in [0.2, 0.25) is 0 Å². The summed E-state index contributed by atoms with van der Waals surface area (Å²) >= 11 is -3.93. The fraction of sp³-hybridized carbons (Fsp3) is 1.00. The minimum atomic E-state index is -3.93. The van der Waals surface area contributed by atoms with E-state index in [2.05, 4.69) is 0 Å². The molecular weight excluding hydrogens is 362 g/mol. The van der Waals surface area contributed by atoms with Crippen molar-refractivity contribution < 1.29 is 12.3 Å². The van der Waals surface area contributed by atoms with Crippen LogP contribution >= 0.6 is 0 Å². The van der Waals surface area contributed by atoms with Crippen molar-refractivity contribution in [3.63, 3.8) is 0 Å². The SMILES string of the molecule is [CH3][Rf][S](=O)(=O)F. The van der Waals surface area contributed by atoms with Crippen LogP contribution in [0, 0.1) is 0 Å². The van der Waals surface area contributed by atoms with E-state index in [0.29, 0.717) is 0 Å². The predicted octanol–water partition coefficient (Wildman–Crippen LogP) is 0.334. The van der Waals surface area contributed by atoms with E-state index in [-0.39, 0.29) is 0 Å². The first-order valence-electron chi connectivity index (χ1n) is 1.48. The van der Waals surface area contributed by atoms with Gasteiger partial charge in [0.15, 0.2) is 0 Å². The summed E-state index contributed by atoms with van der Waals surface area (Å²) in [4.78, 5) is 0. The van der Waals surface area contributed by atoms with Gasteiger partial charge < -0.3 is 0 Å². The summed E-state index contributed by atoms with van der Waals surface area (Å²) in [6, 6.07) is 0. The van der Waals surface area contributed by atoms with Crippen molar-refractivity contribution >= 4 is 11.1 Å². The van der Waals surface area contributed by atoms with Crippen LogP contribution in [0.15, 0.2) is 0 Å². The van der Waals surface area contributed by atoms with Gasteiger partial charge in [0.05, 0.1) is 0 Å². The molecule has 0 heterocycles. The molecule has 0 bridgehead atoms. The Bertz CT molecular complexity index is 116. The number of hydrogen-bond donors (Lipinski definition) is 0. The van der Waals surface area contributed by atoms with Crippen LogP contribution in [0.1, 0.15) is 0 Å². The molecule has 0 aromatic carbocycles. The Hall–Kier alpha value is -1.12. The van der Waals surface area contributed by atoms with Crippen molar-refractivity contribution in [2.75, 3.05) is 0 Å². The van der Waals surface area contributed by atoms with Crippen molar-refractivity contribution in [2.24, 2.45) is 0 Å². The van der Waals surface area contributed by atoms with Crippen LogP contribution < -0.4 is 0 Å². The molecule has 0 spiro atoms. The molecule has 2 nitrogen and oxygen atoms in total. The molecule has 0 saturated heterocycles. The van der Waals surface area contributed by atoms with Gasteiger partial charge in [-0.3, -0.25) is 0 Å². The molecule has 0 N–H and O–H groups in total. The molecule has 0 aliphatic heterocycles. The molecule has 34 valence electrons. The Labute approximate surface area is 31.9 Å². The van der Waals surface area contributed by atoms with Crippen LogP contribution in [0.4, 0.5) is 3.89 Å². The standard InChI is InChI=1S/CH3.FO2S.Rf/c;1-4(2)3;/h1H3;;. The Morgan fingerprint density at radius 2 is 1.83 bits per heavy atom. The molecule has 0 aliphatic rings. The van der Waals surface area contributed by atoms with E-state index >= 15 is 0 Å². The van der Waals surface area contributed by atoms with E-state index in [1.165, 1.54) is 7.43 Å². The summed E-state index contributed by atoms with van der Waals surface area (Å²) in [6.45, 7) is 0. The number of rotatable bonds is 1. The summed E-state index contributed by atoms with van der Waals surface area (Å²) in [5, 5.41) is 0. The zero-order valence-corrected chi connectivity index (χ0v) is 10.5. The van der Waals surface area contributed by atoms with Crippen molar-refractivity contribution in [1.29, 1.82) is 0 Å². The van der Waals surface area contributed by atoms with Gasteiger partial charge in [0, 0.05) is 0 Å². The molecule has 5 heteroatoms. The van der Waals surface area contributed by atoms with E-state index < -0.39 is 11.1 Å². The van der Waals surface area contributed by atoms with Crippen molar-refractivity contribution in [3.05, 3.63) is 0 Å². The number of halogens is 1. The molecule has 0 amide bonds. The van der Waals surface area contributed by atoms with Gasteiger partial charge in [-0.05, 0) is 0 Å². The van der Waals surface area contributed by atoms with E-state index in [4.69, 9.17) is 0 Å². The third-order valence-corrected chi connectivity index (χ3v) is 10.4. The van der Waals surface area contributed by atoms with E-state index in [1.54, 1.807) is 0 Å². The molecule has 0 aromatic rings. The molecule has 0 unspecified atom stereocenters. The molecule has 0 fully saturated rings. The maximum absolute atomic E-state index is 11.2. The van der Waals surface area contributed by atoms with Crippen molar-refractivity contribution in [2.45, 2.75) is 7.43 Å². The van der Waals surface area contributed by atoms with E-state index in [1.807, 2.05) is 0 Å². The Morgan fingerprint density at radius 1 is 1.67 bits per heavy atom. The Morgan fingerprint density at radius 3 is 1.83 bits per heavy atom. The van der Waals surface area contributed by atoms with Crippen molar-refractivity contribution in [3.8, 4) is 0 Å². The summed E-state index contributed by atoms with van der Waals surface area (Å²) in [7, 11) is 1.47. The van der Waals surface area contributed by atoms with E-state index in [0.717, 1.165) is 0 Å². The Balaban J connectivity index is 3.85.